The van der Waals surface area contributed by atoms with Gasteiger partial charge in [-0.3, -0.25) is 19.2 Å². The predicted octanol–water partition coefficient (Wildman–Crippen LogP) is -0.172. The first kappa shape index (κ1) is 19.4. The van der Waals surface area contributed by atoms with Crippen molar-refractivity contribution in [1.82, 2.24) is 16.0 Å². The molecule has 0 aliphatic rings. The molecule has 9 heteroatoms. The molecule has 0 bridgehead atoms. The molecule has 1 heterocycles. The van der Waals surface area contributed by atoms with Crippen LogP contribution in [0.2, 0.25) is 0 Å². The van der Waals surface area contributed by atoms with Gasteiger partial charge in [0.2, 0.25) is 5.91 Å². The lowest BCUT2D eigenvalue weighted by Gasteiger charge is -2.13. The number of nitrogens with one attached hydrogen (secondary N) is 3. The van der Waals surface area contributed by atoms with Crippen molar-refractivity contribution in [1.29, 1.82) is 0 Å². The van der Waals surface area contributed by atoms with E-state index in [1.54, 1.807) is 17.5 Å². The third kappa shape index (κ3) is 7.05. The molecule has 0 aliphatic heterocycles. The minimum absolute atomic E-state index is 0.264. The average molecular weight is 353 g/mol. The van der Waals surface area contributed by atoms with E-state index in [1.807, 2.05) is 0 Å². The van der Waals surface area contributed by atoms with Gasteiger partial charge in [-0.25, -0.2) is 0 Å². The molecule has 130 valence electrons. The Balaban J connectivity index is 2.23. The zero-order valence-corrected chi connectivity index (χ0v) is 14.0. The maximum Gasteiger partial charge on any atom is 0.326 e. The van der Waals surface area contributed by atoms with Crippen LogP contribution in [0.15, 0.2) is 30.2 Å². The van der Waals surface area contributed by atoms with Crippen LogP contribution in [0.3, 0.4) is 0 Å². The van der Waals surface area contributed by atoms with Gasteiger partial charge in [0.05, 0.1) is 11.4 Å². The number of carbonyl (C=O) groups excluding carboxylic acids is 4. The monoisotopic (exact) mass is 353 g/mol. The summed E-state index contributed by atoms with van der Waals surface area (Å²) in [6.07, 6.45) is 0.518. The fourth-order valence-electron chi connectivity index (χ4n) is 1.50. The van der Waals surface area contributed by atoms with Crippen LogP contribution < -0.4 is 16.0 Å². The highest BCUT2D eigenvalue weighted by molar-refractivity contribution is 7.12. The van der Waals surface area contributed by atoms with Gasteiger partial charge in [0, 0.05) is 6.54 Å². The van der Waals surface area contributed by atoms with Crippen molar-refractivity contribution < 1.29 is 23.9 Å². The molecule has 1 atom stereocenters. The SMILES string of the molecule is C=CCNC(=O)[C@@H](C)OC(=O)CNC(=O)CNC(=O)c1cccs1. The number of hydrogen-bond acceptors (Lipinski definition) is 6. The third-order valence-corrected chi connectivity index (χ3v) is 3.55. The number of thiophene rings is 1. The molecule has 1 aromatic heterocycles. The summed E-state index contributed by atoms with van der Waals surface area (Å²) < 4.78 is 4.86. The Kier molecular flexibility index (Phi) is 8.20. The van der Waals surface area contributed by atoms with E-state index in [-0.39, 0.29) is 19.0 Å². The van der Waals surface area contributed by atoms with Gasteiger partial charge in [-0.05, 0) is 18.4 Å². The molecule has 0 saturated carbocycles. The second-order valence-electron chi connectivity index (χ2n) is 4.60. The molecule has 0 fully saturated rings. The molecule has 3 N–H and O–H groups in total. The second-order valence-corrected chi connectivity index (χ2v) is 5.55. The summed E-state index contributed by atoms with van der Waals surface area (Å²) in [4.78, 5) is 46.7. The van der Waals surface area contributed by atoms with Crippen LogP contribution in [0, 0.1) is 0 Å². The second kappa shape index (κ2) is 10.2. The van der Waals surface area contributed by atoms with Gasteiger partial charge >= 0.3 is 5.97 Å². The summed E-state index contributed by atoms with van der Waals surface area (Å²) in [5, 5.41) is 8.95. The van der Waals surface area contributed by atoms with E-state index >= 15 is 0 Å². The molecule has 0 unspecified atom stereocenters. The van der Waals surface area contributed by atoms with E-state index in [4.69, 9.17) is 4.74 Å². The minimum atomic E-state index is -0.979. The number of rotatable bonds is 9. The van der Waals surface area contributed by atoms with Gasteiger partial charge < -0.3 is 20.7 Å². The van der Waals surface area contributed by atoms with E-state index in [2.05, 4.69) is 22.5 Å². The first-order valence-electron chi connectivity index (χ1n) is 7.10. The molecule has 0 spiro atoms. The summed E-state index contributed by atoms with van der Waals surface area (Å²) in [6, 6.07) is 3.36. The van der Waals surface area contributed by atoms with Crippen LogP contribution in [0.1, 0.15) is 16.6 Å². The van der Waals surface area contributed by atoms with Crippen molar-refractivity contribution in [2.75, 3.05) is 19.6 Å². The van der Waals surface area contributed by atoms with Crippen LogP contribution in [0.25, 0.3) is 0 Å². The molecule has 1 aromatic rings. The van der Waals surface area contributed by atoms with Gasteiger partial charge in [-0.2, -0.15) is 0 Å². The summed E-state index contributed by atoms with van der Waals surface area (Å²) in [5.41, 5.74) is 0. The number of carbonyl (C=O) groups is 4. The lowest BCUT2D eigenvalue weighted by Crippen LogP contribution is -2.41. The van der Waals surface area contributed by atoms with Crippen LogP contribution in [0.4, 0.5) is 0 Å². The average Bonchev–Trinajstić information content (AvgIpc) is 3.10. The molecular formula is C15H19N3O5S. The Morgan fingerprint density at radius 1 is 1.25 bits per heavy atom. The van der Waals surface area contributed by atoms with Gasteiger partial charge in [-0.15, -0.1) is 17.9 Å². The fourth-order valence-corrected chi connectivity index (χ4v) is 2.14. The van der Waals surface area contributed by atoms with Crippen LogP contribution in [0.5, 0.6) is 0 Å². The van der Waals surface area contributed by atoms with E-state index < -0.39 is 30.4 Å². The Hall–Kier alpha value is -2.68. The predicted molar refractivity (Wildman–Crippen MR) is 88.4 cm³/mol. The standard InChI is InChI=1S/C15H19N3O5S/c1-3-6-16-14(21)10(2)23-13(20)9-17-12(19)8-18-15(22)11-5-4-7-24-11/h3-5,7,10H,1,6,8-9H2,2H3,(H,16,21)(H,17,19)(H,18,22)/t10-/m1/s1. The highest BCUT2D eigenvalue weighted by Gasteiger charge is 2.17. The third-order valence-electron chi connectivity index (χ3n) is 2.68. The maximum absolute atomic E-state index is 11.6. The molecule has 0 saturated heterocycles. The zero-order chi connectivity index (χ0) is 17.9. The largest absolute Gasteiger partial charge is 0.451 e. The normalized spacial score (nSPS) is 11.0. The van der Waals surface area contributed by atoms with Crippen molar-refractivity contribution in [3.63, 3.8) is 0 Å². The van der Waals surface area contributed by atoms with Crippen LogP contribution >= 0.6 is 11.3 Å². The van der Waals surface area contributed by atoms with E-state index in [0.717, 1.165) is 0 Å². The van der Waals surface area contributed by atoms with Crippen molar-refractivity contribution in [2.45, 2.75) is 13.0 Å². The maximum atomic E-state index is 11.6. The van der Waals surface area contributed by atoms with Crippen molar-refractivity contribution in [2.24, 2.45) is 0 Å². The number of amides is 3. The lowest BCUT2D eigenvalue weighted by atomic mass is 10.3. The Bertz CT molecular complexity index is 600. The van der Waals surface area contributed by atoms with Crippen molar-refractivity contribution in [3.05, 3.63) is 35.0 Å². The first-order chi connectivity index (χ1) is 11.4. The topological polar surface area (TPSA) is 114 Å². The summed E-state index contributed by atoms with van der Waals surface area (Å²) in [6.45, 7) is 4.47. The van der Waals surface area contributed by atoms with Gasteiger partial charge in [-0.1, -0.05) is 12.1 Å². The van der Waals surface area contributed by atoms with E-state index in [0.29, 0.717) is 4.88 Å². The first-order valence-corrected chi connectivity index (χ1v) is 7.98. The van der Waals surface area contributed by atoms with Gasteiger partial charge in [0.25, 0.3) is 11.8 Å². The van der Waals surface area contributed by atoms with Crippen molar-refractivity contribution >= 4 is 35.0 Å². The summed E-state index contributed by atoms with van der Waals surface area (Å²) in [5.74, 6) is -2.12. The van der Waals surface area contributed by atoms with E-state index in [9.17, 15) is 19.2 Å². The molecule has 8 nitrogen and oxygen atoms in total. The summed E-state index contributed by atoms with van der Waals surface area (Å²) in [7, 11) is 0. The fraction of sp³-hybridized carbons (Fsp3) is 0.333. The van der Waals surface area contributed by atoms with Crippen molar-refractivity contribution in [3.8, 4) is 0 Å². The minimum Gasteiger partial charge on any atom is -0.451 e. The summed E-state index contributed by atoms with van der Waals surface area (Å²) >= 11 is 1.25. The van der Waals surface area contributed by atoms with Gasteiger partial charge in [0.15, 0.2) is 6.10 Å². The Morgan fingerprint density at radius 3 is 2.62 bits per heavy atom. The van der Waals surface area contributed by atoms with Gasteiger partial charge in [0.1, 0.15) is 6.54 Å². The zero-order valence-electron chi connectivity index (χ0n) is 13.2. The van der Waals surface area contributed by atoms with E-state index in [1.165, 1.54) is 24.3 Å². The highest BCUT2D eigenvalue weighted by atomic mass is 32.1. The highest BCUT2D eigenvalue weighted by Crippen LogP contribution is 2.07. The molecule has 24 heavy (non-hydrogen) atoms. The number of esters is 1. The Morgan fingerprint density at radius 2 is 2.00 bits per heavy atom. The molecule has 1 rings (SSSR count). The smallest absolute Gasteiger partial charge is 0.326 e. The molecular weight excluding hydrogens is 334 g/mol. The Labute approximate surface area is 143 Å². The van der Waals surface area contributed by atoms with Crippen LogP contribution in [-0.4, -0.2) is 49.4 Å². The lowest BCUT2D eigenvalue weighted by molar-refractivity contribution is -0.154. The molecule has 3 amide bonds. The molecule has 0 aromatic carbocycles. The quantitative estimate of drug-likeness (QED) is 0.421. The molecule has 0 aliphatic carbocycles. The molecule has 0 radical (unpaired) electrons. The number of hydrogen-bond donors (Lipinski definition) is 3. The number of ether oxygens (including phenoxy) is 1. The van der Waals surface area contributed by atoms with Crippen LogP contribution in [-0.2, 0) is 19.1 Å².